The third kappa shape index (κ3) is 4.45. The number of hydrogen-bond acceptors (Lipinski definition) is 3. The van der Waals surface area contributed by atoms with Crippen LogP contribution in [0, 0.1) is 5.82 Å². The van der Waals surface area contributed by atoms with Crippen LogP contribution in [0.2, 0.25) is 0 Å². The molecule has 0 saturated heterocycles. The van der Waals surface area contributed by atoms with E-state index in [0.29, 0.717) is 10.0 Å². The number of hydrogen-bond donors (Lipinski definition) is 1. The minimum Gasteiger partial charge on any atom is -0.417 e. The van der Waals surface area contributed by atoms with E-state index in [1.165, 1.54) is 36.5 Å². The number of rotatable bonds is 5. The van der Waals surface area contributed by atoms with Crippen LogP contribution in [0.15, 0.2) is 41.0 Å². The molecule has 1 aromatic heterocycles. The summed E-state index contributed by atoms with van der Waals surface area (Å²) in [4.78, 5) is 15.6. The predicted octanol–water partition coefficient (Wildman–Crippen LogP) is 3.51. The third-order valence-electron chi connectivity index (χ3n) is 2.63. The van der Waals surface area contributed by atoms with Crippen molar-refractivity contribution < 1.29 is 22.7 Å². The zero-order valence-corrected chi connectivity index (χ0v) is 12.6. The van der Waals surface area contributed by atoms with Gasteiger partial charge in [-0.15, -0.1) is 0 Å². The molecule has 0 atom stereocenters. The molecule has 0 saturated carbocycles. The Bertz CT molecular complexity index is 666. The van der Waals surface area contributed by atoms with Crippen molar-refractivity contribution in [3.05, 3.63) is 57.9 Å². The molecule has 1 N–H and O–H groups in total. The van der Waals surface area contributed by atoms with Gasteiger partial charge in [0.15, 0.2) is 0 Å². The van der Waals surface area contributed by atoms with Gasteiger partial charge in [0.05, 0.1) is 5.56 Å². The summed E-state index contributed by atoms with van der Waals surface area (Å²) in [6, 6.07) is 6.76. The Labute approximate surface area is 132 Å². The van der Waals surface area contributed by atoms with Crippen LogP contribution < -0.4 is 10.1 Å². The van der Waals surface area contributed by atoms with E-state index in [4.69, 9.17) is 0 Å². The summed E-state index contributed by atoms with van der Waals surface area (Å²) in [5.41, 5.74) is 0.463. The van der Waals surface area contributed by atoms with Crippen molar-refractivity contribution in [2.45, 2.75) is 13.2 Å². The highest BCUT2D eigenvalue weighted by atomic mass is 79.9. The first-order chi connectivity index (χ1) is 10.5. The second-order valence-electron chi connectivity index (χ2n) is 4.19. The van der Waals surface area contributed by atoms with Crippen LogP contribution in [0.5, 0.6) is 5.88 Å². The van der Waals surface area contributed by atoms with E-state index in [9.17, 15) is 18.0 Å². The minimum absolute atomic E-state index is 0.0761. The van der Waals surface area contributed by atoms with Gasteiger partial charge >= 0.3 is 6.61 Å². The van der Waals surface area contributed by atoms with Crippen LogP contribution in [0.4, 0.5) is 13.2 Å². The Balaban J connectivity index is 1.97. The summed E-state index contributed by atoms with van der Waals surface area (Å²) in [6.07, 6.45) is 1.29. The SMILES string of the molecule is O=C(NCc1ccc(OC(F)F)nc1)c1cc(Br)ccc1F. The summed E-state index contributed by atoms with van der Waals surface area (Å²) >= 11 is 3.16. The van der Waals surface area contributed by atoms with Crippen molar-refractivity contribution in [1.82, 2.24) is 10.3 Å². The van der Waals surface area contributed by atoms with E-state index in [-0.39, 0.29) is 18.0 Å². The van der Waals surface area contributed by atoms with Crippen LogP contribution in [0.3, 0.4) is 0 Å². The summed E-state index contributed by atoms with van der Waals surface area (Å²) in [6.45, 7) is -2.87. The summed E-state index contributed by atoms with van der Waals surface area (Å²) in [5.74, 6) is -1.45. The Morgan fingerprint density at radius 3 is 2.73 bits per heavy atom. The molecule has 8 heteroatoms. The normalized spacial score (nSPS) is 10.6. The predicted molar refractivity (Wildman–Crippen MR) is 76.1 cm³/mol. The fourth-order valence-electron chi connectivity index (χ4n) is 1.63. The number of nitrogens with zero attached hydrogens (tertiary/aromatic N) is 1. The highest BCUT2D eigenvalue weighted by molar-refractivity contribution is 9.10. The van der Waals surface area contributed by atoms with Gasteiger partial charge in [0.25, 0.3) is 5.91 Å². The minimum atomic E-state index is -2.95. The van der Waals surface area contributed by atoms with Gasteiger partial charge in [-0.05, 0) is 23.8 Å². The first kappa shape index (κ1) is 16.3. The lowest BCUT2D eigenvalue weighted by Gasteiger charge is -2.07. The third-order valence-corrected chi connectivity index (χ3v) is 3.13. The fraction of sp³-hybridized carbons (Fsp3) is 0.143. The number of ether oxygens (including phenoxy) is 1. The maximum atomic E-state index is 13.5. The Hall–Kier alpha value is -2.09. The molecule has 1 aromatic carbocycles. The van der Waals surface area contributed by atoms with E-state index in [0.717, 1.165) is 0 Å². The number of carbonyl (C=O) groups excluding carboxylic acids is 1. The average Bonchev–Trinajstić information content (AvgIpc) is 2.48. The van der Waals surface area contributed by atoms with Crippen molar-refractivity contribution in [1.29, 1.82) is 0 Å². The van der Waals surface area contributed by atoms with Gasteiger partial charge in [0, 0.05) is 23.3 Å². The number of pyridine rings is 1. The molecule has 22 heavy (non-hydrogen) atoms. The maximum Gasteiger partial charge on any atom is 0.388 e. The number of nitrogens with one attached hydrogen (secondary N) is 1. The molecular formula is C14H10BrF3N2O2. The molecule has 0 unspecified atom stereocenters. The molecule has 0 aliphatic carbocycles. The van der Waals surface area contributed by atoms with E-state index < -0.39 is 18.3 Å². The molecule has 1 amide bonds. The molecule has 116 valence electrons. The standard InChI is InChI=1S/C14H10BrF3N2O2/c15-9-2-3-11(16)10(5-9)13(21)20-7-8-1-4-12(19-6-8)22-14(17)18/h1-6,14H,7H2,(H,20,21). The Morgan fingerprint density at radius 2 is 2.09 bits per heavy atom. The number of halogens is 4. The van der Waals surface area contributed by atoms with Gasteiger partial charge in [-0.1, -0.05) is 22.0 Å². The second kappa shape index (κ2) is 7.26. The van der Waals surface area contributed by atoms with Crippen LogP contribution in [0.1, 0.15) is 15.9 Å². The monoisotopic (exact) mass is 374 g/mol. The Kier molecular flexibility index (Phi) is 5.37. The van der Waals surface area contributed by atoms with Gasteiger partial charge in [-0.25, -0.2) is 9.37 Å². The molecular weight excluding hydrogens is 365 g/mol. The molecule has 4 nitrogen and oxygen atoms in total. The molecule has 0 bridgehead atoms. The Morgan fingerprint density at radius 1 is 1.32 bits per heavy atom. The van der Waals surface area contributed by atoms with E-state index in [1.807, 2.05) is 0 Å². The topological polar surface area (TPSA) is 51.2 Å². The van der Waals surface area contributed by atoms with Gasteiger partial charge in [0.2, 0.25) is 5.88 Å². The number of amides is 1. The van der Waals surface area contributed by atoms with Crippen molar-refractivity contribution in [2.75, 3.05) is 0 Å². The van der Waals surface area contributed by atoms with Crippen molar-refractivity contribution in [2.24, 2.45) is 0 Å². The van der Waals surface area contributed by atoms with Crippen molar-refractivity contribution >= 4 is 21.8 Å². The first-order valence-electron chi connectivity index (χ1n) is 6.08. The molecule has 0 aliphatic heterocycles. The summed E-state index contributed by atoms with van der Waals surface area (Å²) < 4.78 is 42.2. The lowest BCUT2D eigenvalue weighted by Crippen LogP contribution is -2.24. The number of carbonyl (C=O) groups is 1. The molecule has 0 fully saturated rings. The number of alkyl halides is 2. The number of benzene rings is 1. The van der Waals surface area contributed by atoms with Gasteiger partial charge in [0.1, 0.15) is 5.82 Å². The van der Waals surface area contributed by atoms with Crippen LogP contribution in [-0.2, 0) is 6.54 Å². The molecule has 0 radical (unpaired) electrons. The van der Waals surface area contributed by atoms with E-state index >= 15 is 0 Å². The highest BCUT2D eigenvalue weighted by Gasteiger charge is 2.12. The van der Waals surface area contributed by atoms with Crippen molar-refractivity contribution in [3.8, 4) is 5.88 Å². The first-order valence-corrected chi connectivity index (χ1v) is 6.88. The second-order valence-corrected chi connectivity index (χ2v) is 5.11. The smallest absolute Gasteiger partial charge is 0.388 e. The van der Waals surface area contributed by atoms with Gasteiger partial charge in [-0.2, -0.15) is 8.78 Å². The summed E-state index contributed by atoms with van der Waals surface area (Å²) in [7, 11) is 0. The molecule has 0 spiro atoms. The highest BCUT2D eigenvalue weighted by Crippen LogP contribution is 2.16. The lowest BCUT2D eigenvalue weighted by molar-refractivity contribution is -0.0528. The lowest BCUT2D eigenvalue weighted by atomic mass is 10.2. The maximum absolute atomic E-state index is 13.5. The van der Waals surface area contributed by atoms with Crippen LogP contribution in [0.25, 0.3) is 0 Å². The molecule has 0 aliphatic rings. The van der Waals surface area contributed by atoms with Crippen molar-refractivity contribution in [3.63, 3.8) is 0 Å². The zero-order valence-electron chi connectivity index (χ0n) is 11.0. The average molecular weight is 375 g/mol. The fourth-order valence-corrected chi connectivity index (χ4v) is 1.99. The summed E-state index contributed by atoms with van der Waals surface area (Å²) in [5, 5.41) is 2.51. The quantitative estimate of drug-likeness (QED) is 0.870. The van der Waals surface area contributed by atoms with Gasteiger partial charge < -0.3 is 10.1 Å². The largest absolute Gasteiger partial charge is 0.417 e. The van der Waals surface area contributed by atoms with E-state index in [1.54, 1.807) is 0 Å². The zero-order chi connectivity index (χ0) is 16.1. The number of aromatic nitrogens is 1. The van der Waals surface area contributed by atoms with Crippen LogP contribution >= 0.6 is 15.9 Å². The molecule has 2 rings (SSSR count). The molecule has 2 aromatic rings. The van der Waals surface area contributed by atoms with E-state index in [2.05, 4.69) is 31.0 Å². The molecule has 1 heterocycles. The van der Waals surface area contributed by atoms with Gasteiger partial charge in [-0.3, -0.25) is 4.79 Å². The van der Waals surface area contributed by atoms with Crippen LogP contribution in [-0.4, -0.2) is 17.5 Å².